The van der Waals surface area contributed by atoms with Gasteiger partial charge in [-0.25, -0.2) is 10.2 Å². The summed E-state index contributed by atoms with van der Waals surface area (Å²) in [6.07, 6.45) is 0. The number of halogens is 1. The van der Waals surface area contributed by atoms with Crippen LogP contribution in [0.2, 0.25) is 0 Å². The molecule has 0 aromatic heterocycles. The van der Waals surface area contributed by atoms with Crippen LogP contribution in [0.25, 0.3) is 0 Å². The Labute approximate surface area is 112 Å². The van der Waals surface area contributed by atoms with Gasteiger partial charge in [-0.3, -0.25) is 15.1 Å². The van der Waals surface area contributed by atoms with E-state index in [0.717, 1.165) is 31.9 Å². The highest BCUT2D eigenvalue weighted by Gasteiger charge is 2.25. The third kappa shape index (κ3) is 3.21. The fraction of sp³-hybridized carbons (Fsp3) is 0.462. The second-order valence-corrected chi connectivity index (χ2v) is 4.68. The van der Waals surface area contributed by atoms with Crippen LogP contribution in [-0.2, 0) is 4.79 Å². The standard InChI is InChI=1S/C13H19FN4O/c1-10(13(19)16-15)17-6-8-18(9-7-17)12-4-2-11(14)3-5-12/h2-5,10H,6-9,15H2,1H3,(H,16,19). The Kier molecular flexibility index (Phi) is 4.34. The highest BCUT2D eigenvalue weighted by molar-refractivity contribution is 5.80. The lowest BCUT2D eigenvalue weighted by molar-refractivity contribution is -0.126. The van der Waals surface area contributed by atoms with Crippen molar-refractivity contribution in [1.29, 1.82) is 0 Å². The molecule has 1 fully saturated rings. The van der Waals surface area contributed by atoms with Gasteiger partial charge in [0.15, 0.2) is 0 Å². The lowest BCUT2D eigenvalue weighted by Gasteiger charge is -2.38. The minimum atomic E-state index is -0.226. The normalized spacial score (nSPS) is 18.2. The van der Waals surface area contributed by atoms with E-state index in [9.17, 15) is 9.18 Å². The number of nitrogens with zero attached hydrogens (tertiary/aromatic N) is 2. The van der Waals surface area contributed by atoms with Crippen LogP contribution >= 0.6 is 0 Å². The Morgan fingerprint density at radius 1 is 1.26 bits per heavy atom. The van der Waals surface area contributed by atoms with Gasteiger partial charge in [-0.05, 0) is 31.2 Å². The molecule has 1 aromatic rings. The lowest BCUT2D eigenvalue weighted by Crippen LogP contribution is -2.54. The average Bonchev–Trinajstić information content (AvgIpc) is 2.46. The smallest absolute Gasteiger partial charge is 0.250 e. The molecular formula is C13H19FN4O. The number of benzene rings is 1. The molecule has 1 saturated heterocycles. The van der Waals surface area contributed by atoms with Crippen LogP contribution in [0.1, 0.15) is 6.92 Å². The summed E-state index contributed by atoms with van der Waals surface area (Å²) in [6, 6.07) is 6.26. The topological polar surface area (TPSA) is 61.6 Å². The molecule has 1 heterocycles. The van der Waals surface area contributed by atoms with Crippen molar-refractivity contribution in [2.24, 2.45) is 5.84 Å². The van der Waals surface area contributed by atoms with Gasteiger partial charge in [0.2, 0.25) is 0 Å². The number of hydrogen-bond donors (Lipinski definition) is 2. The second-order valence-electron chi connectivity index (χ2n) is 4.68. The number of hydrogen-bond acceptors (Lipinski definition) is 4. The van der Waals surface area contributed by atoms with Crippen LogP contribution in [-0.4, -0.2) is 43.0 Å². The molecule has 2 rings (SSSR count). The van der Waals surface area contributed by atoms with Gasteiger partial charge < -0.3 is 4.90 Å². The van der Waals surface area contributed by atoms with Gasteiger partial charge in [-0.1, -0.05) is 0 Å². The Hall–Kier alpha value is -1.66. The van der Waals surface area contributed by atoms with Gasteiger partial charge in [-0.2, -0.15) is 0 Å². The van der Waals surface area contributed by atoms with E-state index in [1.54, 1.807) is 12.1 Å². The van der Waals surface area contributed by atoms with Crippen LogP contribution in [0.4, 0.5) is 10.1 Å². The molecule has 1 aromatic carbocycles. The molecule has 104 valence electrons. The van der Waals surface area contributed by atoms with Crippen molar-refractivity contribution in [1.82, 2.24) is 10.3 Å². The number of carbonyl (C=O) groups is 1. The number of carbonyl (C=O) groups excluding carboxylic acids is 1. The van der Waals surface area contributed by atoms with E-state index in [-0.39, 0.29) is 17.8 Å². The zero-order valence-electron chi connectivity index (χ0n) is 11.0. The van der Waals surface area contributed by atoms with Crippen molar-refractivity contribution < 1.29 is 9.18 Å². The molecule has 0 radical (unpaired) electrons. The highest BCUT2D eigenvalue weighted by Crippen LogP contribution is 2.17. The summed E-state index contributed by atoms with van der Waals surface area (Å²) in [6.45, 7) is 5.04. The molecule has 5 nitrogen and oxygen atoms in total. The number of nitrogens with two attached hydrogens (primary N) is 1. The SMILES string of the molecule is CC(C(=O)NN)N1CCN(c2ccc(F)cc2)CC1. The lowest BCUT2D eigenvalue weighted by atomic mass is 10.2. The van der Waals surface area contributed by atoms with Crippen LogP contribution < -0.4 is 16.2 Å². The quantitative estimate of drug-likeness (QED) is 0.470. The molecule has 6 heteroatoms. The summed E-state index contributed by atoms with van der Waals surface area (Å²) in [5.41, 5.74) is 3.19. The maximum atomic E-state index is 12.9. The summed E-state index contributed by atoms with van der Waals surface area (Å²) in [7, 11) is 0. The largest absolute Gasteiger partial charge is 0.369 e. The van der Waals surface area contributed by atoms with Gasteiger partial charge in [-0.15, -0.1) is 0 Å². The van der Waals surface area contributed by atoms with Crippen molar-refractivity contribution >= 4 is 11.6 Å². The summed E-state index contributed by atoms with van der Waals surface area (Å²) >= 11 is 0. The summed E-state index contributed by atoms with van der Waals surface area (Å²) in [4.78, 5) is 15.7. The highest BCUT2D eigenvalue weighted by atomic mass is 19.1. The first kappa shape index (κ1) is 13.8. The zero-order chi connectivity index (χ0) is 13.8. The van der Waals surface area contributed by atoms with Gasteiger partial charge in [0.05, 0.1) is 6.04 Å². The maximum absolute atomic E-state index is 12.9. The van der Waals surface area contributed by atoms with E-state index >= 15 is 0 Å². The van der Waals surface area contributed by atoms with Crippen LogP contribution in [0.15, 0.2) is 24.3 Å². The van der Waals surface area contributed by atoms with Gasteiger partial charge in [0.25, 0.3) is 5.91 Å². The average molecular weight is 266 g/mol. The third-order valence-corrected chi connectivity index (χ3v) is 3.58. The summed E-state index contributed by atoms with van der Waals surface area (Å²) in [5.74, 6) is 4.74. The van der Waals surface area contributed by atoms with Crippen molar-refractivity contribution in [3.8, 4) is 0 Å². The number of piperazine rings is 1. The first-order valence-corrected chi connectivity index (χ1v) is 6.37. The Morgan fingerprint density at radius 2 is 1.84 bits per heavy atom. The molecule has 0 saturated carbocycles. The molecule has 1 unspecified atom stereocenters. The molecule has 19 heavy (non-hydrogen) atoms. The van der Waals surface area contributed by atoms with Gasteiger partial charge in [0, 0.05) is 31.9 Å². The number of amides is 1. The Bertz CT molecular complexity index is 429. The minimum Gasteiger partial charge on any atom is -0.369 e. The molecule has 1 atom stereocenters. The number of nitrogens with one attached hydrogen (secondary N) is 1. The zero-order valence-corrected chi connectivity index (χ0v) is 11.0. The number of hydrazine groups is 1. The fourth-order valence-corrected chi connectivity index (χ4v) is 2.31. The first-order valence-electron chi connectivity index (χ1n) is 6.37. The number of anilines is 1. The van der Waals surface area contributed by atoms with Crippen molar-refractivity contribution in [3.05, 3.63) is 30.1 Å². The Balaban J connectivity index is 1.92. The predicted octanol–water partition coefficient (Wildman–Crippen LogP) is 0.326. The van der Waals surface area contributed by atoms with E-state index < -0.39 is 0 Å². The van der Waals surface area contributed by atoms with E-state index in [1.165, 1.54) is 12.1 Å². The van der Waals surface area contributed by atoms with E-state index in [1.807, 2.05) is 6.92 Å². The van der Waals surface area contributed by atoms with Crippen LogP contribution in [0.5, 0.6) is 0 Å². The second kappa shape index (κ2) is 5.99. The molecule has 1 aliphatic heterocycles. The van der Waals surface area contributed by atoms with Crippen molar-refractivity contribution in [2.45, 2.75) is 13.0 Å². The van der Waals surface area contributed by atoms with Gasteiger partial charge >= 0.3 is 0 Å². The van der Waals surface area contributed by atoms with Crippen molar-refractivity contribution in [2.75, 3.05) is 31.1 Å². The minimum absolute atomic E-state index is 0.171. The van der Waals surface area contributed by atoms with E-state index in [0.29, 0.717) is 0 Å². The molecule has 0 aliphatic carbocycles. The molecule has 0 bridgehead atoms. The molecular weight excluding hydrogens is 247 g/mol. The molecule has 0 spiro atoms. The predicted molar refractivity (Wildman–Crippen MR) is 72.0 cm³/mol. The van der Waals surface area contributed by atoms with E-state index in [2.05, 4.69) is 15.2 Å². The van der Waals surface area contributed by atoms with Gasteiger partial charge in [0.1, 0.15) is 5.82 Å². The van der Waals surface area contributed by atoms with Crippen LogP contribution in [0.3, 0.4) is 0 Å². The molecule has 1 aliphatic rings. The summed E-state index contributed by atoms with van der Waals surface area (Å²) < 4.78 is 12.9. The fourth-order valence-electron chi connectivity index (χ4n) is 2.31. The molecule has 1 amide bonds. The van der Waals surface area contributed by atoms with Crippen molar-refractivity contribution in [3.63, 3.8) is 0 Å². The van der Waals surface area contributed by atoms with Crippen LogP contribution in [0, 0.1) is 5.82 Å². The summed E-state index contributed by atoms with van der Waals surface area (Å²) in [5, 5.41) is 0. The number of rotatable bonds is 3. The third-order valence-electron chi connectivity index (χ3n) is 3.58. The van der Waals surface area contributed by atoms with E-state index in [4.69, 9.17) is 5.84 Å². The molecule has 3 N–H and O–H groups in total. The Morgan fingerprint density at radius 3 is 2.37 bits per heavy atom. The monoisotopic (exact) mass is 266 g/mol. The first-order chi connectivity index (χ1) is 9.11. The maximum Gasteiger partial charge on any atom is 0.250 e.